The number of hydrogen-bond acceptors (Lipinski definition) is 5. The van der Waals surface area contributed by atoms with E-state index in [0.717, 1.165) is 16.7 Å². The monoisotopic (exact) mass is 361 g/mol. The molecule has 142 valence electrons. The van der Waals surface area contributed by atoms with Crippen LogP contribution in [0.2, 0.25) is 0 Å². The molecule has 1 aromatic carbocycles. The molecule has 26 heavy (non-hydrogen) atoms. The van der Waals surface area contributed by atoms with Crippen molar-refractivity contribution in [2.75, 3.05) is 31.7 Å². The summed E-state index contributed by atoms with van der Waals surface area (Å²) < 4.78 is 11.6. The quantitative estimate of drug-likeness (QED) is 0.634. The predicted molar refractivity (Wildman–Crippen MR) is 102 cm³/mol. The lowest BCUT2D eigenvalue weighted by atomic mass is 10.1. The van der Waals surface area contributed by atoms with Gasteiger partial charge in [-0.25, -0.2) is 4.79 Å². The van der Waals surface area contributed by atoms with Crippen LogP contribution in [-0.4, -0.2) is 36.0 Å². The molecule has 2 N–H and O–H groups in total. The van der Waals surface area contributed by atoms with Crippen molar-refractivity contribution >= 4 is 11.5 Å². The second-order valence-corrected chi connectivity index (χ2v) is 5.91. The number of nitrogens with zero attached hydrogens (tertiary/aromatic N) is 1. The molecule has 7 nitrogen and oxygen atoms in total. The van der Waals surface area contributed by atoms with Crippen LogP contribution in [-0.2, 0) is 22.4 Å². The smallest absolute Gasteiger partial charge is 0.329 e. The van der Waals surface area contributed by atoms with Crippen LogP contribution in [0.5, 0.6) is 0 Å². The maximum absolute atomic E-state index is 12.2. The number of rotatable bonds is 10. The number of aromatic nitrogens is 2. The Kier molecular flexibility index (Phi) is 7.62. The van der Waals surface area contributed by atoms with E-state index < -0.39 is 5.69 Å². The lowest BCUT2D eigenvalue weighted by Crippen LogP contribution is -2.36. The second-order valence-electron chi connectivity index (χ2n) is 5.91. The molecular weight excluding hydrogens is 334 g/mol. The number of H-pyrrole nitrogens is 1. The van der Waals surface area contributed by atoms with Gasteiger partial charge in [0.2, 0.25) is 0 Å². The zero-order valence-electron chi connectivity index (χ0n) is 15.6. The molecule has 0 aliphatic rings. The first-order valence-electron chi connectivity index (χ1n) is 8.91. The summed E-state index contributed by atoms with van der Waals surface area (Å²) in [7, 11) is 0. The number of hydrogen-bond donors (Lipinski definition) is 2. The Bertz CT molecular complexity index is 795. The summed E-state index contributed by atoms with van der Waals surface area (Å²) in [4.78, 5) is 27.1. The van der Waals surface area contributed by atoms with Crippen LogP contribution in [0, 0.1) is 6.92 Å². The summed E-state index contributed by atoms with van der Waals surface area (Å²) in [6.45, 7) is 8.11. The summed E-state index contributed by atoms with van der Waals surface area (Å²) in [6.07, 6.45) is 0.919. The third-order valence-electron chi connectivity index (χ3n) is 4.07. The van der Waals surface area contributed by atoms with Gasteiger partial charge < -0.3 is 14.8 Å². The van der Waals surface area contributed by atoms with Gasteiger partial charge in [-0.05, 0) is 43.5 Å². The Labute approximate surface area is 153 Å². The maximum atomic E-state index is 12.2. The highest BCUT2D eigenvalue weighted by Crippen LogP contribution is 2.18. The van der Waals surface area contributed by atoms with E-state index >= 15 is 0 Å². The van der Waals surface area contributed by atoms with Crippen LogP contribution in [0.4, 0.5) is 11.5 Å². The average Bonchev–Trinajstić information content (AvgIpc) is 2.61. The van der Waals surface area contributed by atoms with E-state index in [1.165, 1.54) is 17.2 Å². The van der Waals surface area contributed by atoms with E-state index in [9.17, 15) is 9.59 Å². The van der Waals surface area contributed by atoms with Crippen LogP contribution in [0.25, 0.3) is 0 Å². The molecule has 0 aliphatic carbocycles. The molecule has 7 heteroatoms. The van der Waals surface area contributed by atoms with E-state index in [0.29, 0.717) is 25.6 Å². The van der Waals surface area contributed by atoms with Crippen LogP contribution in [0.1, 0.15) is 25.0 Å². The molecule has 0 fully saturated rings. The molecule has 1 aromatic heterocycles. The SMILES string of the molecule is CCOCCOCCn1c(=O)cc(Nc2ccc(C)c(CC)c2)[nH]c1=O. The Morgan fingerprint density at radius 1 is 1.08 bits per heavy atom. The normalized spacial score (nSPS) is 10.9. The van der Waals surface area contributed by atoms with Crippen molar-refractivity contribution in [2.45, 2.75) is 33.7 Å². The standard InChI is InChI=1S/C19H27N3O4/c1-4-15-12-16(7-6-14(15)3)20-17-13-18(23)22(19(24)21-17)8-9-26-11-10-25-5-2/h6-7,12-13,20H,4-5,8-11H2,1-3H3,(H,21,24). The average molecular weight is 361 g/mol. The van der Waals surface area contributed by atoms with Crippen LogP contribution in [0.3, 0.4) is 0 Å². The zero-order valence-corrected chi connectivity index (χ0v) is 15.6. The van der Waals surface area contributed by atoms with Crippen molar-refractivity contribution in [1.82, 2.24) is 9.55 Å². The van der Waals surface area contributed by atoms with Crippen molar-refractivity contribution in [3.05, 3.63) is 56.2 Å². The lowest BCUT2D eigenvalue weighted by Gasteiger charge is -2.11. The van der Waals surface area contributed by atoms with Crippen molar-refractivity contribution in [3.8, 4) is 0 Å². The molecule has 0 atom stereocenters. The molecule has 2 aromatic rings. The Morgan fingerprint density at radius 2 is 1.85 bits per heavy atom. The largest absolute Gasteiger partial charge is 0.379 e. The Hall–Kier alpha value is -2.38. The molecule has 1 heterocycles. The number of anilines is 2. The molecule has 0 aliphatic heterocycles. The van der Waals surface area contributed by atoms with Gasteiger partial charge in [0.05, 0.1) is 26.4 Å². The minimum atomic E-state index is -0.462. The van der Waals surface area contributed by atoms with E-state index in [1.54, 1.807) is 0 Å². The van der Waals surface area contributed by atoms with Gasteiger partial charge in [-0.15, -0.1) is 0 Å². The van der Waals surface area contributed by atoms with Crippen LogP contribution in [0.15, 0.2) is 33.9 Å². The topological polar surface area (TPSA) is 85.3 Å². The molecule has 0 radical (unpaired) electrons. The fraction of sp³-hybridized carbons (Fsp3) is 0.474. The second kappa shape index (κ2) is 9.94. The maximum Gasteiger partial charge on any atom is 0.329 e. The van der Waals surface area contributed by atoms with Crippen molar-refractivity contribution in [3.63, 3.8) is 0 Å². The number of aryl methyl sites for hydroxylation is 2. The zero-order chi connectivity index (χ0) is 18.9. The molecule has 0 amide bonds. The Morgan fingerprint density at radius 3 is 2.54 bits per heavy atom. The first-order chi connectivity index (χ1) is 12.5. The fourth-order valence-electron chi connectivity index (χ4n) is 2.61. The van der Waals surface area contributed by atoms with Crippen molar-refractivity contribution < 1.29 is 9.47 Å². The summed E-state index contributed by atoms with van der Waals surface area (Å²) >= 11 is 0. The van der Waals surface area contributed by atoms with Gasteiger partial charge in [0, 0.05) is 18.4 Å². The van der Waals surface area contributed by atoms with Crippen molar-refractivity contribution in [1.29, 1.82) is 0 Å². The highest BCUT2D eigenvalue weighted by Gasteiger charge is 2.06. The first kappa shape index (κ1) is 19.9. The van der Waals surface area contributed by atoms with Gasteiger partial charge in [0.15, 0.2) is 0 Å². The number of benzene rings is 1. The predicted octanol–water partition coefficient (Wildman–Crippen LogP) is 2.20. The molecule has 0 bridgehead atoms. The fourth-order valence-corrected chi connectivity index (χ4v) is 2.61. The minimum Gasteiger partial charge on any atom is -0.379 e. The van der Waals surface area contributed by atoms with Gasteiger partial charge in [-0.2, -0.15) is 0 Å². The summed E-state index contributed by atoms with van der Waals surface area (Å²) in [6, 6.07) is 7.34. The van der Waals surface area contributed by atoms with Crippen LogP contribution < -0.4 is 16.6 Å². The highest BCUT2D eigenvalue weighted by molar-refractivity contribution is 5.57. The number of ether oxygens (including phenoxy) is 2. The third kappa shape index (κ3) is 5.57. The number of nitrogens with one attached hydrogen (secondary N) is 2. The third-order valence-corrected chi connectivity index (χ3v) is 4.07. The summed E-state index contributed by atoms with van der Waals surface area (Å²) in [5.41, 5.74) is 2.43. The molecule has 2 rings (SSSR count). The molecule has 0 spiro atoms. The van der Waals surface area contributed by atoms with E-state index in [-0.39, 0.29) is 18.7 Å². The van der Waals surface area contributed by atoms with Gasteiger partial charge in [0.1, 0.15) is 5.82 Å². The first-order valence-corrected chi connectivity index (χ1v) is 8.91. The van der Waals surface area contributed by atoms with Gasteiger partial charge in [-0.3, -0.25) is 14.3 Å². The van der Waals surface area contributed by atoms with Gasteiger partial charge >= 0.3 is 5.69 Å². The van der Waals surface area contributed by atoms with E-state index in [2.05, 4.69) is 24.1 Å². The van der Waals surface area contributed by atoms with Gasteiger partial charge in [0.25, 0.3) is 5.56 Å². The lowest BCUT2D eigenvalue weighted by molar-refractivity contribution is 0.0491. The van der Waals surface area contributed by atoms with Crippen LogP contribution >= 0.6 is 0 Å². The molecule has 0 unspecified atom stereocenters. The van der Waals surface area contributed by atoms with Gasteiger partial charge in [-0.1, -0.05) is 13.0 Å². The molecular formula is C19H27N3O4. The highest BCUT2D eigenvalue weighted by atomic mass is 16.5. The summed E-state index contributed by atoms with van der Waals surface area (Å²) in [5, 5.41) is 3.09. The Balaban J connectivity index is 2.02. The summed E-state index contributed by atoms with van der Waals surface area (Å²) in [5.74, 6) is 0.374. The van der Waals surface area contributed by atoms with E-state index in [1.807, 2.05) is 25.1 Å². The van der Waals surface area contributed by atoms with E-state index in [4.69, 9.17) is 9.47 Å². The molecule has 0 saturated heterocycles. The number of aromatic amines is 1. The van der Waals surface area contributed by atoms with Crippen molar-refractivity contribution in [2.24, 2.45) is 0 Å². The minimum absolute atomic E-state index is 0.199. The molecule has 0 saturated carbocycles.